The summed E-state index contributed by atoms with van der Waals surface area (Å²) in [6.07, 6.45) is 0. The maximum atomic E-state index is 9.70. The number of phenolic OH excluding ortho intramolecular Hbond substituents is 1. The number of hydrogen-bond donors (Lipinski definition) is 1. The summed E-state index contributed by atoms with van der Waals surface area (Å²) in [5.41, 5.74) is -0.464. The molecule has 0 fully saturated rings. The minimum Gasteiger partial charge on any atom is -0.506 e. The van der Waals surface area contributed by atoms with Crippen LogP contribution >= 0.6 is 31.9 Å². The monoisotopic (exact) mass is 284 g/mol. The van der Waals surface area contributed by atoms with Crippen LogP contribution in [-0.2, 0) is 0 Å². The van der Waals surface area contributed by atoms with E-state index in [0.29, 0.717) is 0 Å². The predicted octanol–water partition coefficient (Wildman–Crippen LogP) is 3.53. The number of rotatable bonds is 0. The molecule has 1 rings (SSSR count). The predicted molar refractivity (Wildman–Crippen MR) is 53.0 cm³/mol. The van der Waals surface area contributed by atoms with Crippen molar-refractivity contribution in [3.05, 3.63) is 26.1 Å². The van der Waals surface area contributed by atoms with Crippen molar-refractivity contribution in [3.63, 3.8) is 0 Å². The highest BCUT2D eigenvalue weighted by molar-refractivity contribution is 9.11. The Morgan fingerprint density at radius 1 is 1.27 bits per heavy atom. The number of hydrogen-bond acceptors (Lipinski definition) is 1. The minimum absolute atomic E-state index is 0.0302. The number of phenols is 1. The number of halogens is 2. The fourth-order valence-electron chi connectivity index (χ4n) is 0.623. The lowest BCUT2D eigenvalue weighted by Gasteiger charge is -2.06. The van der Waals surface area contributed by atoms with Gasteiger partial charge in [0.2, 0.25) is 0 Å². The number of aromatic hydroxyl groups is 1. The quantitative estimate of drug-likeness (QED) is 0.773. The average molecular weight is 286 g/mol. The van der Waals surface area contributed by atoms with E-state index in [1.807, 2.05) is 0 Å². The second-order valence-corrected chi connectivity index (χ2v) is 3.53. The van der Waals surface area contributed by atoms with Gasteiger partial charge < -0.3 is 5.11 Å². The third kappa shape index (κ3) is 1.59. The van der Waals surface area contributed by atoms with Crippen molar-refractivity contribution in [2.24, 2.45) is 0 Å². The molecule has 1 aromatic carbocycles. The van der Waals surface area contributed by atoms with Crippen LogP contribution in [0, 0.1) is 13.7 Å². The van der Waals surface area contributed by atoms with Gasteiger partial charge in [-0.1, -0.05) is 6.07 Å². The Labute approximate surface area is 91.1 Å². The lowest BCUT2D eigenvalue weighted by Crippen LogP contribution is -1.82. The van der Waals surface area contributed by atoms with Gasteiger partial charge >= 0.3 is 0 Å². The molecule has 0 aliphatic carbocycles. The summed E-state index contributed by atoms with van der Waals surface area (Å²) in [4.78, 5) is 0. The third-order valence-corrected chi connectivity index (χ3v) is 2.78. The van der Waals surface area contributed by atoms with Crippen LogP contribution in [0.1, 0.15) is 19.4 Å². The second kappa shape index (κ2) is 3.15. The molecule has 1 aromatic rings. The van der Waals surface area contributed by atoms with Crippen molar-refractivity contribution in [3.8, 4) is 5.75 Å². The van der Waals surface area contributed by atoms with Crippen molar-refractivity contribution in [1.29, 1.82) is 0 Å². The number of benzene rings is 1. The molecule has 0 radical (unpaired) electrons. The third-order valence-electron chi connectivity index (χ3n) is 1.18. The smallest absolute Gasteiger partial charge is 0.144 e. The molecule has 0 saturated carbocycles. The highest BCUT2D eigenvalue weighted by Gasteiger charge is 2.08. The Hall–Kier alpha value is -0.0200. The zero-order chi connectivity index (χ0) is 13.6. The Balaban J connectivity index is 3.63. The van der Waals surface area contributed by atoms with E-state index < -0.39 is 19.5 Å². The first-order valence-electron chi connectivity index (χ1n) is 5.68. The van der Waals surface area contributed by atoms with Crippen LogP contribution in [-0.4, -0.2) is 5.11 Å². The summed E-state index contributed by atoms with van der Waals surface area (Å²) in [7, 11) is 0. The zero-order valence-corrected chi connectivity index (χ0v) is 8.45. The lowest BCUT2D eigenvalue weighted by molar-refractivity contribution is 0.467. The van der Waals surface area contributed by atoms with Crippen molar-refractivity contribution < 1.29 is 13.3 Å². The summed E-state index contributed by atoms with van der Waals surface area (Å²) in [6.45, 7) is -5.01. The molecule has 0 amide bonds. The van der Waals surface area contributed by atoms with Crippen molar-refractivity contribution in [2.75, 3.05) is 0 Å². The molecular weight excluding hydrogens is 272 g/mol. The summed E-state index contributed by atoms with van der Waals surface area (Å²) < 4.78 is 43.6. The normalized spacial score (nSPS) is 20.5. The van der Waals surface area contributed by atoms with E-state index >= 15 is 0 Å². The van der Waals surface area contributed by atoms with E-state index in [4.69, 9.17) is 8.22 Å². The molecule has 0 atom stereocenters. The van der Waals surface area contributed by atoms with Gasteiger partial charge in [-0.2, -0.15) is 0 Å². The van der Waals surface area contributed by atoms with Crippen molar-refractivity contribution >= 4 is 31.9 Å². The van der Waals surface area contributed by atoms with E-state index in [1.165, 1.54) is 0 Å². The van der Waals surface area contributed by atoms with E-state index in [-0.39, 0.29) is 20.1 Å². The molecule has 0 saturated heterocycles. The summed E-state index contributed by atoms with van der Waals surface area (Å²) in [5.74, 6) is -0.426. The highest BCUT2D eigenvalue weighted by atomic mass is 79.9. The molecule has 11 heavy (non-hydrogen) atoms. The molecule has 60 valence electrons. The van der Waals surface area contributed by atoms with Gasteiger partial charge in [0.1, 0.15) is 5.75 Å². The molecule has 0 bridgehead atoms. The van der Waals surface area contributed by atoms with Crippen LogP contribution < -0.4 is 0 Å². The topological polar surface area (TPSA) is 20.2 Å². The van der Waals surface area contributed by atoms with E-state index in [2.05, 4.69) is 31.9 Å². The van der Waals surface area contributed by atoms with Crippen LogP contribution in [0.2, 0.25) is 0 Å². The molecule has 1 N–H and O–H groups in total. The van der Waals surface area contributed by atoms with Crippen LogP contribution in [0.5, 0.6) is 5.75 Å². The molecule has 0 spiro atoms. The molecule has 1 nitrogen and oxygen atoms in total. The van der Waals surface area contributed by atoms with Gasteiger partial charge in [-0.05, 0) is 56.7 Å². The Bertz CT molecular complexity index is 413. The second-order valence-electron chi connectivity index (χ2n) is 1.95. The van der Waals surface area contributed by atoms with Gasteiger partial charge in [0.25, 0.3) is 0 Å². The van der Waals surface area contributed by atoms with Crippen LogP contribution in [0.25, 0.3) is 0 Å². The van der Waals surface area contributed by atoms with Gasteiger partial charge in [-0.3, -0.25) is 0 Å². The number of aryl methyl sites for hydroxylation is 2. The van der Waals surface area contributed by atoms with Crippen molar-refractivity contribution in [1.82, 2.24) is 0 Å². The first kappa shape index (κ1) is 3.79. The standard InChI is InChI=1S/C8H8Br2O/c1-4-3-5(2)7(10)8(11)6(4)9/h3,11H,1-2H3/i1D3,2D3. The lowest BCUT2D eigenvalue weighted by atomic mass is 10.1. The molecule has 0 heterocycles. The van der Waals surface area contributed by atoms with Gasteiger partial charge in [0.05, 0.1) is 8.95 Å². The first-order chi connectivity index (χ1) is 7.46. The molecule has 0 aromatic heterocycles. The van der Waals surface area contributed by atoms with E-state index in [9.17, 15) is 5.11 Å². The van der Waals surface area contributed by atoms with E-state index in [1.54, 1.807) is 0 Å². The van der Waals surface area contributed by atoms with Crippen molar-refractivity contribution in [2.45, 2.75) is 13.7 Å². The molecule has 0 aliphatic rings. The van der Waals surface area contributed by atoms with Gasteiger partial charge in [0, 0.05) is 8.22 Å². The van der Waals surface area contributed by atoms with Crippen LogP contribution in [0.3, 0.4) is 0 Å². The van der Waals surface area contributed by atoms with E-state index in [0.717, 1.165) is 6.07 Å². The maximum Gasteiger partial charge on any atom is 0.144 e. The van der Waals surface area contributed by atoms with Crippen LogP contribution in [0.4, 0.5) is 0 Å². The molecule has 0 unspecified atom stereocenters. The fourth-order valence-corrected chi connectivity index (χ4v) is 1.51. The van der Waals surface area contributed by atoms with Gasteiger partial charge in [-0.25, -0.2) is 0 Å². The maximum absolute atomic E-state index is 9.70. The molecule has 3 heteroatoms. The van der Waals surface area contributed by atoms with Crippen LogP contribution in [0.15, 0.2) is 15.0 Å². The fraction of sp³-hybridized carbons (Fsp3) is 0.250. The molecule has 0 aliphatic heterocycles. The SMILES string of the molecule is [2H]C([2H])([2H])c1cc(C([2H])([2H])[2H])c(Br)c(O)c1Br. The highest BCUT2D eigenvalue weighted by Crippen LogP contribution is 2.36. The molecular formula is C8H8Br2O. The average Bonchev–Trinajstić information content (AvgIpc) is 2.10. The Morgan fingerprint density at radius 2 is 1.73 bits per heavy atom. The first-order valence-corrected chi connectivity index (χ1v) is 4.26. The van der Waals surface area contributed by atoms with Gasteiger partial charge in [-0.15, -0.1) is 0 Å². The van der Waals surface area contributed by atoms with Gasteiger partial charge in [0.15, 0.2) is 0 Å². The zero-order valence-electron chi connectivity index (χ0n) is 11.3. The Morgan fingerprint density at radius 3 is 2.09 bits per heavy atom. The summed E-state index contributed by atoms with van der Waals surface area (Å²) in [5, 5.41) is 9.70. The summed E-state index contributed by atoms with van der Waals surface area (Å²) in [6, 6.07) is 1.05. The largest absolute Gasteiger partial charge is 0.506 e. The summed E-state index contributed by atoms with van der Waals surface area (Å²) >= 11 is 5.89. The Kier molecular flexibility index (Phi) is 1.09. The minimum atomic E-state index is -2.50.